The topological polar surface area (TPSA) is 49.3 Å². The Morgan fingerprint density at radius 1 is 1.17 bits per heavy atom. The number of ether oxygens (including phenoxy) is 2. The molecule has 2 saturated heterocycles. The number of hydrogen-bond donors (Lipinski definition) is 1. The van der Waals surface area contributed by atoms with E-state index >= 15 is 0 Å². The Hall–Kier alpha value is -1.22. The molecule has 0 radical (unpaired) electrons. The molecule has 1 N–H and O–H groups in total. The van der Waals surface area contributed by atoms with Crippen LogP contribution in [-0.4, -0.2) is 68.7 Å². The van der Waals surface area contributed by atoms with Gasteiger partial charge in [0, 0.05) is 26.2 Å². The zero-order chi connectivity index (χ0) is 19.8. The van der Waals surface area contributed by atoms with E-state index in [1.807, 2.05) is 19.1 Å². The smallest absolute Gasteiger partial charge is 0.194 e. The van der Waals surface area contributed by atoms with Gasteiger partial charge in [-0.05, 0) is 69.8 Å². The van der Waals surface area contributed by atoms with E-state index in [9.17, 15) is 0 Å². The Balaban J connectivity index is 0.00000300. The molecule has 1 unspecified atom stereocenters. The van der Waals surface area contributed by atoms with Crippen molar-refractivity contribution in [2.75, 3.05) is 53.0 Å². The fourth-order valence-electron chi connectivity index (χ4n) is 4.18. The predicted octanol–water partition coefficient (Wildman–Crippen LogP) is 3.60. The second kappa shape index (κ2) is 12.5. The molecule has 2 heterocycles. The van der Waals surface area contributed by atoms with E-state index in [1.165, 1.54) is 38.9 Å². The molecule has 1 atom stereocenters. The van der Waals surface area contributed by atoms with Crippen LogP contribution in [0.5, 0.6) is 11.5 Å². The highest BCUT2D eigenvalue weighted by Gasteiger charge is 2.27. The van der Waals surface area contributed by atoms with Crippen LogP contribution < -0.4 is 14.8 Å². The lowest BCUT2D eigenvalue weighted by atomic mass is 10.1. The highest BCUT2D eigenvalue weighted by Crippen LogP contribution is 2.28. The summed E-state index contributed by atoms with van der Waals surface area (Å²) in [5.74, 6) is 3.34. The van der Waals surface area contributed by atoms with Crippen LogP contribution >= 0.6 is 24.0 Å². The van der Waals surface area contributed by atoms with Crippen LogP contribution in [0.3, 0.4) is 0 Å². The molecule has 0 saturated carbocycles. The van der Waals surface area contributed by atoms with Gasteiger partial charge < -0.3 is 24.6 Å². The van der Waals surface area contributed by atoms with Gasteiger partial charge in [-0.25, -0.2) is 4.99 Å². The van der Waals surface area contributed by atoms with E-state index in [0.29, 0.717) is 13.2 Å². The lowest BCUT2D eigenvalue weighted by molar-refractivity contribution is 0.281. The van der Waals surface area contributed by atoms with E-state index in [2.05, 4.69) is 28.1 Å². The number of nitrogens with one attached hydrogen (secondary N) is 1. The van der Waals surface area contributed by atoms with Gasteiger partial charge in [0.15, 0.2) is 17.5 Å². The zero-order valence-corrected chi connectivity index (χ0v) is 20.5. The third-order valence-electron chi connectivity index (χ3n) is 5.57. The molecular weight excluding hydrogens is 479 g/mol. The summed E-state index contributed by atoms with van der Waals surface area (Å²) < 4.78 is 11.1. The third-order valence-corrected chi connectivity index (χ3v) is 5.57. The average molecular weight is 516 g/mol. The van der Waals surface area contributed by atoms with Gasteiger partial charge in [0.05, 0.1) is 20.3 Å². The number of nitrogens with zero attached hydrogens (tertiary/aromatic N) is 3. The van der Waals surface area contributed by atoms with Crippen molar-refractivity contribution < 1.29 is 9.47 Å². The summed E-state index contributed by atoms with van der Waals surface area (Å²) in [6.45, 7) is 12.3. The van der Waals surface area contributed by atoms with E-state index in [0.717, 1.165) is 48.6 Å². The van der Waals surface area contributed by atoms with Crippen molar-refractivity contribution in [2.24, 2.45) is 10.9 Å². The minimum atomic E-state index is 0. The van der Waals surface area contributed by atoms with E-state index in [1.54, 1.807) is 7.11 Å². The first kappa shape index (κ1) is 24.1. The Morgan fingerprint density at radius 3 is 2.66 bits per heavy atom. The molecule has 0 aromatic heterocycles. The first-order chi connectivity index (χ1) is 13.7. The van der Waals surface area contributed by atoms with Crippen LogP contribution in [-0.2, 0) is 6.54 Å². The molecule has 2 fully saturated rings. The molecule has 2 aliphatic heterocycles. The normalized spacial score (nSPS) is 19.9. The maximum atomic E-state index is 5.70. The molecule has 0 bridgehead atoms. The van der Waals surface area contributed by atoms with Gasteiger partial charge in [-0.15, -0.1) is 24.0 Å². The summed E-state index contributed by atoms with van der Waals surface area (Å²) in [7, 11) is 1.67. The van der Waals surface area contributed by atoms with Crippen LogP contribution in [0.15, 0.2) is 23.2 Å². The Bertz CT molecular complexity index is 650. The molecule has 0 aliphatic carbocycles. The molecule has 164 valence electrons. The second-order valence-electron chi connectivity index (χ2n) is 7.70. The molecule has 0 amide bonds. The van der Waals surface area contributed by atoms with Crippen molar-refractivity contribution >= 4 is 29.9 Å². The first-order valence-electron chi connectivity index (χ1n) is 10.8. The lowest BCUT2D eigenvalue weighted by Crippen LogP contribution is -2.40. The van der Waals surface area contributed by atoms with Gasteiger partial charge in [0.25, 0.3) is 0 Å². The predicted molar refractivity (Wildman–Crippen MR) is 130 cm³/mol. The fraction of sp³-hybridized carbons (Fsp3) is 0.682. The van der Waals surface area contributed by atoms with Crippen molar-refractivity contribution in [2.45, 2.75) is 39.7 Å². The van der Waals surface area contributed by atoms with E-state index in [4.69, 9.17) is 14.5 Å². The minimum absolute atomic E-state index is 0. The SMILES string of the molecule is CCNC(=NCc1ccc(OC)c(OCC)c1)N1CCC(CN2CCCC2)C1.I. The fourth-order valence-corrected chi connectivity index (χ4v) is 4.18. The Kier molecular flexibility index (Phi) is 10.3. The van der Waals surface area contributed by atoms with Gasteiger partial charge in [-0.1, -0.05) is 6.07 Å². The van der Waals surface area contributed by atoms with Crippen LogP contribution in [0.2, 0.25) is 0 Å². The standard InChI is InChI=1S/C22H36N4O2.HI/c1-4-23-22(26-13-10-19(17-26)16-25-11-6-7-12-25)24-15-18-8-9-20(27-3)21(14-18)28-5-2;/h8-9,14,19H,4-7,10-13,15-17H2,1-3H3,(H,23,24);1H. The number of likely N-dealkylation sites (tertiary alicyclic amines) is 2. The first-order valence-corrected chi connectivity index (χ1v) is 10.8. The van der Waals surface area contributed by atoms with Crippen molar-refractivity contribution in [3.8, 4) is 11.5 Å². The number of benzene rings is 1. The molecule has 2 aliphatic rings. The van der Waals surface area contributed by atoms with E-state index < -0.39 is 0 Å². The Labute approximate surface area is 193 Å². The molecule has 29 heavy (non-hydrogen) atoms. The lowest BCUT2D eigenvalue weighted by Gasteiger charge is -2.23. The minimum Gasteiger partial charge on any atom is -0.493 e. The summed E-state index contributed by atoms with van der Waals surface area (Å²) >= 11 is 0. The molecule has 6 nitrogen and oxygen atoms in total. The molecule has 1 aromatic rings. The molecular formula is C22H37IN4O2. The van der Waals surface area contributed by atoms with Gasteiger partial charge in [-0.3, -0.25) is 0 Å². The van der Waals surface area contributed by atoms with Crippen LogP contribution in [0.1, 0.15) is 38.7 Å². The maximum absolute atomic E-state index is 5.70. The van der Waals surface area contributed by atoms with Crippen LogP contribution in [0.25, 0.3) is 0 Å². The summed E-state index contributed by atoms with van der Waals surface area (Å²) in [4.78, 5) is 9.97. The van der Waals surface area contributed by atoms with Gasteiger partial charge in [0.1, 0.15) is 0 Å². The average Bonchev–Trinajstić information content (AvgIpc) is 3.38. The zero-order valence-electron chi connectivity index (χ0n) is 18.2. The summed E-state index contributed by atoms with van der Waals surface area (Å²) in [6, 6.07) is 6.06. The van der Waals surface area contributed by atoms with Crippen molar-refractivity contribution in [1.82, 2.24) is 15.1 Å². The number of rotatable bonds is 8. The highest BCUT2D eigenvalue weighted by molar-refractivity contribution is 14.0. The van der Waals surface area contributed by atoms with Gasteiger partial charge in [-0.2, -0.15) is 0 Å². The number of guanidine groups is 1. The number of halogens is 1. The number of aliphatic imine (C=N–C) groups is 1. The van der Waals surface area contributed by atoms with Crippen LogP contribution in [0, 0.1) is 5.92 Å². The maximum Gasteiger partial charge on any atom is 0.194 e. The quantitative estimate of drug-likeness (QED) is 0.325. The molecule has 3 rings (SSSR count). The summed E-state index contributed by atoms with van der Waals surface area (Å²) in [5.41, 5.74) is 1.13. The third kappa shape index (κ3) is 6.91. The molecule has 0 spiro atoms. The van der Waals surface area contributed by atoms with Crippen molar-refractivity contribution in [3.05, 3.63) is 23.8 Å². The number of hydrogen-bond acceptors (Lipinski definition) is 4. The largest absolute Gasteiger partial charge is 0.493 e. The van der Waals surface area contributed by atoms with Crippen molar-refractivity contribution in [1.29, 1.82) is 0 Å². The summed E-state index contributed by atoms with van der Waals surface area (Å²) in [5, 5.41) is 3.48. The Morgan fingerprint density at radius 2 is 1.97 bits per heavy atom. The van der Waals surface area contributed by atoms with Gasteiger partial charge in [0.2, 0.25) is 0 Å². The summed E-state index contributed by atoms with van der Waals surface area (Å²) in [6.07, 6.45) is 4.00. The molecule has 1 aromatic carbocycles. The molecule has 7 heteroatoms. The monoisotopic (exact) mass is 516 g/mol. The van der Waals surface area contributed by atoms with Gasteiger partial charge >= 0.3 is 0 Å². The van der Waals surface area contributed by atoms with Crippen molar-refractivity contribution in [3.63, 3.8) is 0 Å². The van der Waals surface area contributed by atoms with E-state index in [-0.39, 0.29) is 24.0 Å². The van der Waals surface area contributed by atoms with Crippen LogP contribution in [0.4, 0.5) is 0 Å². The number of methoxy groups -OCH3 is 1. The highest BCUT2D eigenvalue weighted by atomic mass is 127. The second-order valence-corrected chi connectivity index (χ2v) is 7.70.